The van der Waals surface area contributed by atoms with E-state index in [-0.39, 0.29) is 11.8 Å². The molecule has 3 rings (SSSR count). The maximum atomic E-state index is 12.4. The fraction of sp³-hybridized carbons (Fsp3) is 0.389. The lowest BCUT2D eigenvalue weighted by Crippen LogP contribution is -2.36. The minimum atomic E-state index is 0.0149. The molecule has 1 saturated heterocycles. The van der Waals surface area contributed by atoms with E-state index in [4.69, 9.17) is 9.26 Å². The monoisotopic (exact) mass is 327 g/mol. The van der Waals surface area contributed by atoms with Crippen LogP contribution in [0.15, 0.2) is 34.9 Å². The molecule has 1 aliphatic rings. The summed E-state index contributed by atoms with van der Waals surface area (Å²) in [5.41, 5.74) is 0.893. The predicted octanol–water partition coefficient (Wildman–Crippen LogP) is 2.81. The third-order valence-corrected chi connectivity index (χ3v) is 4.24. The van der Waals surface area contributed by atoms with E-state index in [1.807, 2.05) is 36.1 Å². The van der Waals surface area contributed by atoms with E-state index in [2.05, 4.69) is 10.1 Å². The number of ether oxygens (including phenoxy) is 1. The maximum Gasteiger partial charge on any atom is 0.246 e. The Morgan fingerprint density at radius 1 is 1.33 bits per heavy atom. The summed E-state index contributed by atoms with van der Waals surface area (Å²) >= 11 is 0. The van der Waals surface area contributed by atoms with E-state index in [0.717, 1.165) is 24.2 Å². The number of methoxy groups -OCH3 is 1. The van der Waals surface area contributed by atoms with Gasteiger partial charge in [0, 0.05) is 30.6 Å². The summed E-state index contributed by atoms with van der Waals surface area (Å²) in [7, 11) is 1.62. The van der Waals surface area contributed by atoms with E-state index in [9.17, 15) is 4.79 Å². The fourth-order valence-electron chi connectivity index (χ4n) is 2.90. The number of amides is 1. The molecule has 1 aromatic carbocycles. The van der Waals surface area contributed by atoms with Gasteiger partial charge in [-0.2, -0.15) is 4.98 Å². The first kappa shape index (κ1) is 16.2. The van der Waals surface area contributed by atoms with Crippen molar-refractivity contribution in [2.75, 3.05) is 20.2 Å². The minimum Gasteiger partial charge on any atom is -0.496 e. The smallest absolute Gasteiger partial charge is 0.246 e. The van der Waals surface area contributed by atoms with Crippen LogP contribution < -0.4 is 4.74 Å². The number of benzene rings is 1. The van der Waals surface area contributed by atoms with Crippen LogP contribution in [0.4, 0.5) is 0 Å². The number of likely N-dealkylation sites (tertiary alicyclic amines) is 1. The van der Waals surface area contributed by atoms with Crippen molar-refractivity contribution >= 4 is 12.0 Å². The molecule has 126 valence electrons. The molecule has 0 aliphatic carbocycles. The third-order valence-electron chi connectivity index (χ3n) is 4.24. The van der Waals surface area contributed by atoms with Gasteiger partial charge in [0.2, 0.25) is 11.8 Å². The van der Waals surface area contributed by atoms with Crippen molar-refractivity contribution in [1.29, 1.82) is 0 Å². The van der Waals surface area contributed by atoms with Crippen molar-refractivity contribution in [3.63, 3.8) is 0 Å². The van der Waals surface area contributed by atoms with Gasteiger partial charge in [-0.15, -0.1) is 0 Å². The summed E-state index contributed by atoms with van der Waals surface area (Å²) in [5, 5.41) is 3.84. The second-order valence-corrected chi connectivity index (χ2v) is 5.85. The molecule has 6 heteroatoms. The zero-order valence-corrected chi connectivity index (χ0v) is 13.9. The van der Waals surface area contributed by atoms with Gasteiger partial charge in [0.15, 0.2) is 5.82 Å². The molecule has 0 unspecified atom stereocenters. The molecule has 0 bridgehead atoms. The molecule has 1 aromatic heterocycles. The molecule has 1 fully saturated rings. The van der Waals surface area contributed by atoms with E-state index >= 15 is 0 Å². The molecule has 6 nitrogen and oxygen atoms in total. The summed E-state index contributed by atoms with van der Waals surface area (Å²) in [4.78, 5) is 18.5. The standard InChI is InChI=1S/C18H21N3O3/c1-13-19-18(24-20-13)15-9-11-21(12-10-15)17(22)8-7-14-5-3-4-6-16(14)23-2/h3-8,15H,9-12H2,1-2H3/b8-7+. The lowest BCUT2D eigenvalue weighted by Gasteiger charge is -2.29. The maximum absolute atomic E-state index is 12.4. The summed E-state index contributed by atoms with van der Waals surface area (Å²) in [6.07, 6.45) is 5.09. The SMILES string of the molecule is COc1ccccc1/C=C/C(=O)N1CCC(c2nc(C)no2)CC1. The van der Waals surface area contributed by atoms with Crippen LogP contribution in [0, 0.1) is 6.92 Å². The van der Waals surface area contributed by atoms with Crippen LogP contribution in [0.5, 0.6) is 5.75 Å². The molecule has 2 aromatic rings. The molecule has 0 atom stereocenters. The molecule has 0 radical (unpaired) electrons. The van der Waals surface area contributed by atoms with Crippen LogP contribution >= 0.6 is 0 Å². The zero-order chi connectivity index (χ0) is 16.9. The van der Waals surface area contributed by atoms with Crippen molar-refractivity contribution in [2.24, 2.45) is 0 Å². The first-order valence-electron chi connectivity index (χ1n) is 8.07. The van der Waals surface area contributed by atoms with E-state index in [1.54, 1.807) is 19.3 Å². The lowest BCUT2D eigenvalue weighted by atomic mass is 9.96. The molecule has 0 spiro atoms. The summed E-state index contributed by atoms with van der Waals surface area (Å²) in [6, 6.07) is 7.63. The Balaban J connectivity index is 1.58. The van der Waals surface area contributed by atoms with Gasteiger partial charge in [0.1, 0.15) is 5.75 Å². The number of hydrogen-bond donors (Lipinski definition) is 0. The van der Waals surface area contributed by atoms with Crippen molar-refractivity contribution < 1.29 is 14.1 Å². The largest absolute Gasteiger partial charge is 0.496 e. The Hall–Kier alpha value is -2.63. The van der Waals surface area contributed by atoms with Gasteiger partial charge in [0.05, 0.1) is 7.11 Å². The topological polar surface area (TPSA) is 68.5 Å². The van der Waals surface area contributed by atoms with Crippen LogP contribution in [0.1, 0.15) is 36.0 Å². The number of hydrogen-bond acceptors (Lipinski definition) is 5. The number of aromatic nitrogens is 2. The molecule has 1 aliphatic heterocycles. The first-order valence-corrected chi connectivity index (χ1v) is 8.07. The van der Waals surface area contributed by atoms with Gasteiger partial charge >= 0.3 is 0 Å². The van der Waals surface area contributed by atoms with E-state index in [1.165, 1.54) is 0 Å². The van der Waals surface area contributed by atoms with Crippen molar-refractivity contribution in [2.45, 2.75) is 25.7 Å². The average molecular weight is 327 g/mol. The molecule has 24 heavy (non-hydrogen) atoms. The number of rotatable bonds is 4. The second-order valence-electron chi connectivity index (χ2n) is 5.85. The highest BCUT2D eigenvalue weighted by atomic mass is 16.5. The molecule has 2 heterocycles. The quantitative estimate of drug-likeness (QED) is 0.808. The van der Waals surface area contributed by atoms with E-state index < -0.39 is 0 Å². The fourth-order valence-corrected chi connectivity index (χ4v) is 2.90. The number of piperidine rings is 1. The first-order chi connectivity index (χ1) is 11.7. The number of para-hydroxylation sites is 1. The number of carbonyl (C=O) groups is 1. The zero-order valence-electron chi connectivity index (χ0n) is 13.9. The molecule has 1 amide bonds. The highest BCUT2D eigenvalue weighted by molar-refractivity contribution is 5.92. The number of carbonyl (C=O) groups excluding carboxylic acids is 1. The van der Waals surface area contributed by atoms with Gasteiger partial charge in [-0.3, -0.25) is 4.79 Å². The second kappa shape index (κ2) is 7.29. The predicted molar refractivity (Wildman–Crippen MR) is 89.6 cm³/mol. The summed E-state index contributed by atoms with van der Waals surface area (Å²) in [6.45, 7) is 3.21. The van der Waals surface area contributed by atoms with Crippen LogP contribution in [-0.4, -0.2) is 41.1 Å². The van der Waals surface area contributed by atoms with Crippen molar-refractivity contribution in [3.05, 3.63) is 47.6 Å². The van der Waals surface area contributed by atoms with Crippen molar-refractivity contribution in [1.82, 2.24) is 15.0 Å². The molecular formula is C18H21N3O3. The van der Waals surface area contributed by atoms with Crippen LogP contribution in [-0.2, 0) is 4.79 Å². The Morgan fingerprint density at radius 2 is 2.08 bits per heavy atom. The molecule has 0 N–H and O–H groups in total. The third kappa shape index (κ3) is 3.64. The highest BCUT2D eigenvalue weighted by Crippen LogP contribution is 2.27. The van der Waals surface area contributed by atoms with Gasteiger partial charge in [-0.05, 0) is 31.9 Å². The Labute approximate surface area is 141 Å². The summed E-state index contributed by atoms with van der Waals surface area (Å²) in [5.74, 6) is 2.36. The van der Waals surface area contributed by atoms with Crippen LogP contribution in [0.25, 0.3) is 6.08 Å². The van der Waals surface area contributed by atoms with Crippen LogP contribution in [0.2, 0.25) is 0 Å². The van der Waals surface area contributed by atoms with Gasteiger partial charge in [0.25, 0.3) is 0 Å². The lowest BCUT2D eigenvalue weighted by molar-refractivity contribution is -0.127. The average Bonchev–Trinajstić information content (AvgIpc) is 3.06. The van der Waals surface area contributed by atoms with Gasteiger partial charge in [-0.25, -0.2) is 0 Å². The number of nitrogens with zero attached hydrogens (tertiary/aromatic N) is 3. The Kier molecular flexibility index (Phi) is 4.93. The Morgan fingerprint density at radius 3 is 2.75 bits per heavy atom. The van der Waals surface area contributed by atoms with Crippen molar-refractivity contribution in [3.8, 4) is 5.75 Å². The highest BCUT2D eigenvalue weighted by Gasteiger charge is 2.26. The minimum absolute atomic E-state index is 0.0149. The van der Waals surface area contributed by atoms with Crippen LogP contribution in [0.3, 0.4) is 0 Å². The Bertz CT molecular complexity index is 731. The van der Waals surface area contributed by atoms with Gasteiger partial charge < -0.3 is 14.2 Å². The van der Waals surface area contributed by atoms with E-state index in [0.29, 0.717) is 24.8 Å². The van der Waals surface area contributed by atoms with Gasteiger partial charge in [-0.1, -0.05) is 23.4 Å². The number of aryl methyl sites for hydroxylation is 1. The molecular weight excluding hydrogens is 306 g/mol. The molecule has 0 saturated carbocycles. The normalized spacial score (nSPS) is 15.8. The summed E-state index contributed by atoms with van der Waals surface area (Å²) < 4.78 is 10.5.